The van der Waals surface area contributed by atoms with E-state index >= 15 is 0 Å². The van der Waals surface area contributed by atoms with Crippen LogP contribution in [-0.2, 0) is 13.1 Å². The van der Waals surface area contributed by atoms with Crippen molar-refractivity contribution in [1.29, 1.82) is 0 Å². The molecule has 1 aromatic rings. The zero-order valence-electron chi connectivity index (χ0n) is 9.99. The molecule has 2 aliphatic carbocycles. The average molecular weight is 218 g/mol. The molecule has 0 spiro atoms. The Morgan fingerprint density at radius 2 is 2.00 bits per heavy atom. The summed E-state index contributed by atoms with van der Waals surface area (Å²) in [5, 5.41) is 3.57. The van der Waals surface area contributed by atoms with Crippen molar-refractivity contribution in [3.63, 3.8) is 0 Å². The largest absolute Gasteiger partial charge is 0.354 e. The van der Waals surface area contributed by atoms with E-state index in [0.717, 1.165) is 18.5 Å². The summed E-state index contributed by atoms with van der Waals surface area (Å²) in [6.45, 7) is 2.30. The maximum atomic E-state index is 3.57. The lowest BCUT2D eigenvalue weighted by atomic mass is 10.1. The van der Waals surface area contributed by atoms with Gasteiger partial charge in [0.25, 0.3) is 0 Å². The van der Waals surface area contributed by atoms with Gasteiger partial charge in [0, 0.05) is 31.5 Å². The Morgan fingerprint density at radius 3 is 2.75 bits per heavy atom. The molecule has 0 amide bonds. The molecule has 1 N–H and O–H groups in total. The third kappa shape index (κ3) is 2.67. The first kappa shape index (κ1) is 10.4. The Kier molecular flexibility index (Phi) is 3.00. The van der Waals surface area contributed by atoms with E-state index in [9.17, 15) is 0 Å². The molecule has 3 rings (SSSR count). The second kappa shape index (κ2) is 4.62. The molecule has 1 aromatic heterocycles. The van der Waals surface area contributed by atoms with Crippen molar-refractivity contribution in [1.82, 2.24) is 9.88 Å². The van der Waals surface area contributed by atoms with E-state index in [1.807, 2.05) is 0 Å². The summed E-state index contributed by atoms with van der Waals surface area (Å²) in [7, 11) is 0. The lowest BCUT2D eigenvalue weighted by molar-refractivity contribution is 0.458. The van der Waals surface area contributed by atoms with Crippen LogP contribution in [0.15, 0.2) is 18.5 Å². The number of hydrogen-bond donors (Lipinski definition) is 1. The minimum absolute atomic E-state index is 0.818. The van der Waals surface area contributed by atoms with Crippen LogP contribution in [0, 0.1) is 5.92 Å². The van der Waals surface area contributed by atoms with Crippen molar-refractivity contribution < 1.29 is 0 Å². The van der Waals surface area contributed by atoms with Gasteiger partial charge in [0.1, 0.15) is 0 Å². The van der Waals surface area contributed by atoms with E-state index in [0.29, 0.717) is 0 Å². The summed E-state index contributed by atoms with van der Waals surface area (Å²) in [5.41, 5.74) is 1.45. The number of nitrogens with zero attached hydrogens (tertiary/aromatic N) is 1. The Balaban J connectivity index is 1.50. The summed E-state index contributed by atoms with van der Waals surface area (Å²) < 4.78 is 2.39. The molecule has 0 aromatic carbocycles. The molecule has 2 nitrogen and oxygen atoms in total. The van der Waals surface area contributed by atoms with Gasteiger partial charge in [-0.15, -0.1) is 0 Å². The van der Waals surface area contributed by atoms with Crippen molar-refractivity contribution in [3.8, 4) is 0 Å². The minimum atomic E-state index is 0.818. The molecule has 0 bridgehead atoms. The molecule has 88 valence electrons. The second-order valence-electron chi connectivity index (χ2n) is 5.52. The fraction of sp³-hybridized carbons (Fsp3) is 0.714. The molecule has 2 heteroatoms. The van der Waals surface area contributed by atoms with Crippen LogP contribution < -0.4 is 5.32 Å². The number of hydrogen-bond acceptors (Lipinski definition) is 1. The topological polar surface area (TPSA) is 17.0 Å². The van der Waals surface area contributed by atoms with Gasteiger partial charge in [-0.25, -0.2) is 0 Å². The smallest absolute Gasteiger partial charge is 0.0248 e. The molecule has 0 atom stereocenters. The average Bonchev–Trinajstić information content (AvgIpc) is 2.78. The first-order valence-electron chi connectivity index (χ1n) is 6.78. The molecule has 2 aliphatic rings. The van der Waals surface area contributed by atoms with Gasteiger partial charge >= 0.3 is 0 Å². The van der Waals surface area contributed by atoms with E-state index < -0.39 is 0 Å². The van der Waals surface area contributed by atoms with Crippen molar-refractivity contribution in [3.05, 3.63) is 24.0 Å². The lowest BCUT2D eigenvalue weighted by Gasteiger charge is -2.09. The molecule has 16 heavy (non-hydrogen) atoms. The van der Waals surface area contributed by atoms with Gasteiger partial charge < -0.3 is 9.88 Å². The maximum absolute atomic E-state index is 3.57. The summed E-state index contributed by atoms with van der Waals surface area (Å²) in [4.78, 5) is 0. The molecule has 0 aliphatic heterocycles. The highest BCUT2D eigenvalue weighted by Crippen LogP contribution is 2.26. The van der Waals surface area contributed by atoms with E-state index in [4.69, 9.17) is 0 Å². The predicted molar refractivity (Wildman–Crippen MR) is 66.3 cm³/mol. The third-order valence-electron chi connectivity index (χ3n) is 3.93. The molecule has 2 fully saturated rings. The Labute approximate surface area is 98.0 Å². The van der Waals surface area contributed by atoms with E-state index in [1.165, 1.54) is 50.6 Å². The molecule has 2 saturated carbocycles. The molecule has 0 radical (unpaired) electrons. The zero-order valence-corrected chi connectivity index (χ0v) is 9.99. The maximum Gasteiger partial charge on any atom is 0.0248 e. The van der Waals surface area contributed by atoms with Crippen LogP contribution in [0.5, 0.6) is 0 Å². The standard InChI is InChI=1S/C14H22N2/c1-2-4-12(3-1)10-16-8-7-13(11-16)9-15-14-5-6-14/h7-8,11-12,14-15H,1-6,9-10H2. The van der Waals surface area contributed by atoms with Crippen LogP contribution in [0.25, 0.3) is 0 Å². The number of aromatic nitrogens is 1. The van der Waals surface area contributed by atoms with Crippen molar-refractivity contribution in [2.45, 2.75) is 57.7 Å². The van der Waals surface area contributed by atoms with Crippen LogP contribution in [-0.4, -0.2) is 10.6 Å². The first-order valence-corrected chi connectivity index (χ1v) is 6.78. The Hall–Kier alpha value is -0.760. The minimum Gasteiger partial charge on any atom is -0.354 e. The fourth-order valence-corrected chi connectivity index (χ4v) is 2.75. The van der Waals surface area contributed by atoms with Crippen LogP contribution in [0.2, 0.25) is 0 Å². The zero-order chi connectivity index (χ0) is 10.8. The van der Waals surface area contributed by atoms with Crippen LogP contribution in [0.1, 0.15) is 44.1 Å². The lowest BCUT2D eigenvalue weighted by Crippen LogP contribution is -2.14. The van der Waals surface area contributed by atoms with Crippen LogP contribution in [0.4, 0.5) is 0 Å². The van der Waals surface area contributed by atoms with Gasteiger partial charge in [0.2, 0.25) is 0 Å². The summed E-state index contributed by atoms with van der Waals surface area (Å²) in [6, 6.07) is 3.09. The highest BCUT2D eigenvalue weighted by atomic mass is 15.0. The highest BCUT2D eigenvalue weighted by molar-refractivity contribution is 5.10. The van der Waals surface area contributed by atoms with Crippen LogP contribution >= 0.6 is 0 Å². The van der Waals surface area contributed by atoms with Crippen LogP contribution in [0.3, 0.4) is 0 Å². The molecule has 1 heterocycles. The van der Waals surface area contributed by atoms with E-state index in [-0.39, 0.29) is 0 Å². The predicted octanol–water partition coefficient (Wildman–Crippen LogP) is 2.93. The highest BCUT2D eigenvalue weighted by Gasteiger charge is 2.20. The van der Waals surface area contributed by atoms with Crippen molar-refractivity contribution >= 4 is 0 Å². The SMILES string of the molecule is c1cn(CC2CCCC2)cc1CNC1CC1. The van der Waals surface area contributed by atoms with Crippen molar-refractivity contribution in [2.24, 2.45) is 5.92 Å². The van der Waals surface area contributed by atoms with Gasteiger partial charge in [-0.05, 0) is 43.2 Å². The summed E-state index contributed by atoms with van der Waals surface area (Å²) in [6.07, 6.45) is 13.1. The molecule has 0 saturated heterocycles. The van der Waals surface area contributed by atoms with E-state index in [2.05, 4.69) is 28.3 Å². The van der Waals surface area contributed by atoms with Gasteiger partial charge in [-0.1, -0.05) is 12.8 Å². The van der Waals surface area contributed by atoms with E-state index in [1.54, 1.807) is 0 Å². The number of nitrogens with one attached hydrogen (secondary N) is 1. The quantitative estimate of drug-likeness (QED) is 0.804. The van der Waals surface area contributed by atoms with Gasteiger partial charge in [0.15, 0.2) is 0 Å². The second-order valence-corrected chi connectivity index (χ2v) is 5.52. The Morgan fingerprint density at radius 1 is 1.19 bits per heavy atom. The fourth-order valence-electron chi connectivity index (χ4n) is 2.75. The monoisotopic (exact) mass is 218 g/mol. The number of rotatable bonds is 5. The first-order chi connectivity index (χ1) is 7.90. The van der Waals surface area contributed by atoms with Gasteiger partial charge in [-0.3, -0.25) is 0 Å². The normalized spacial score (nSPS) is 21.8. The third-order valence-corrected chi connectivity index (χ3v) is 3.93. The summed E-state index contributed by atoms with van der Waals surface area (Å²) in [5.74, 6) is 0.941. The van der Waals surface area contributed by atoms with Gasteiger partial charge in [-0.2, -0.15) is 0 Å². The molecular formula is C14H22N2. The van der Waals surface area contributed by atoms with Crippen molar-refractivity contribution in [2.75, 3.05) is 0 Å². The van der Waals surface area contributed by atoms with Gasteiger partial charge in [0.05, 0.1) is 0 Å². The molecular weight excluding hydrogens is 196 g/mol. The summed E-state index contributed by atoms with van der Waals surface area (Å²) >= 11 is 0. The Bertz CT molecular complexity index is 332. The molecule has 0 unspecified atom stereocenters.